The van der Waals surface area contributed by atoms with E-state index in [9.17, 15) is 17.6 Å². The van der Waals surface area contributed by atoms with E-state index in [-0.39, 0.29) is 29.7 Å². The molecule has 0 saturated heterocycles. The van der Waals surface area contributed by atoms with E-state index < -0.39 is 27.2 Å². The predicted molar refractivity (Wildman–Crippen MR) is 135 cm³/mol. The highest BCUT2D eigenvalue weighted by molar-refractivity contribution is 7.87. The van der Waals surface area contributed by atoms with Crippen LogP contribution < -0.4 is 9.92 Å². The van der Waals surface area contributed by atoms with Crippen LogP contribution in [0.5, 0.6) is 5.75 Å². The lowest BCUT2D eigenvalue weighted by atomic mass is 9.68. The summed E-state index contributed by atoms with van der Waals surface area (Å²) >= 11 is 0. The van der Waals surface area contributed by atoms with Crippen LogP contribution in [0.2, 0.25) is 0 Å². The van der Waals surface area contributed by atoms with E-state index in [0.717, 1.165) is 11.1 Å². The number of rotatable bonds is 8. The van der Waals surface area contributed by atoms with Gasteiger partial charge in [-0.3, -0.25) is 9.69 Å². The molecule has 8 nitrogen and oxygen atoms in total. The van der Waals surface area contributed by atoms with Crippen LogP contribution in [-0.4, -0.2) is 50.7 Å². The highest BCUT2D eigenvalue weighted by Gasteiger charge is 2.62. The van der Waals surface area contributed by atoms with Gasteiger partial charge >= 0.3 is 10.1 Å². The molecule has 0 bridgehead atoms. The standard InChI is InChI=1S/C26H28FN3O5S/c1-4-16-36(32,33)35-22-13-9-20(10-14-22)26(23(31)30(2)24(28)29-26)25(34-3)15-5-6-19(17-25)18-7-11-21(27)12-8-18/h5-15H,4,16-17H2,1-3H3,(H2,28,29). The maximum Gasteiger partial charge on any atom is 0.309 e. The summed E-state index contributed by atoms with van der Waals surface area (Å²) in [7, 11) is -0.707. The Balaban J connectivity index is 1.80. The summed E-state index contributed by atoms with van der Waals surface area (Å²) in [6, 6.07) is 12.2. The number of hydrogen-bond donors (Lipinski definition) is 1. The fourth-order valence-electron chi connectivity index (χ4n) is 4.66. The number of aliphatic imine (C=N–C) groups is 1. The zero-order valence-corrected chi connectivity index (χ0v) is 21.1. The molecule has 0 aromatic heterocycles. The number of carbonyl (C=O) groups is 1. The van der Waals surface area contributed by atoms with Crippen molar-refractivity contribution in [2.45, 2.75) is 30.9 Å². The first kappa shape index (κ1) is 25.6. The van der Waals surface area contributed by atoms with Crippen molar-refractivity contribution < 1.29 is 26.5 Å². The molecule has 2 aromatic rings. The molecular formula is C26H28FN3O5S. The highest BCUT2D eigenvalue weighted by Crippen LogP contribution is 2.50. The second-order valence-corrected chi connectivity index (χ2v) is 10.4. The molecule has 2 aliphatic rings. The fourth-order valence-corrected chi connectivity index (χ4v) is 5.65. The van der Waals surface area contributed by atoms with E-state index in [1.54, 1.807) is 43.3 Å². The number of methoxy groups -OCH3 is 1. The van der Waals surface area contributed by atoms with E-state index >= 15 is 0 Å². The number of guanidine groups is 1. The average Bonchev–Trinajstić information content (AvgIpc) is 3.09. The Labute approximate surface area is 210 Å². The van der Waals surface area contributed by atoms with Crippen molar-refractivity contribution >= 4 is 27.6 Å². The van der Waals surface area contributed by atoms with Crippen LogP contribution in [0.15, 0.2) is 71.8 Å². The van der Waals surface area contributed by atoms with Crippen molar-refractivity contribution in [1.29, 1.82) is 0 Å². The number of benzene rings is 2. The summed E-state index contributed by atoms with van der Waals surface area (Å²) < 4.78 is 49.0. The van der Waals surface area contributed by atoms with E-state index in [2.05, 4.69) is 4.99 Å². The number of nitrogens with zero attached hydrogens (tertiary/aromatic N) is 2. The second kappa shape index (κ2) is 9.51. The summed E-state index contributed by atoms with van der Waals surface area (Å²) in [5, 5.41) is 0. The lowest BCUT2D eigenvalue weighted by molar-refractivity contribution is -0.140. The first-order valence-electron chi connectivity index (χ1n) is 11.4. The summed E-state index contributed by atoms with van der Waals surface area (Å²) in [6.45, 7) is 1.74. The summed E-state index contributed by atoms with van der Waals surface area (Å²) in [4.78, 5) is 19.7. The third-order valence-corrected chi connectivity index (χ3v) is 7.85. The monoisotopic (exact) mass is 513 g/mol. The van der Waals surface area contributed by atoms with Crippen LogP contribution in [0.4, 0.5) is 4.39 Å². The lowest BCUT2D eigenvalue weighted by Gasteiger charge is -2.44. The highest BCUT2D eigenvalue weighted by atomic mass is 32.2. The van der Waals surface area contributed by atoms with E-state index in [1.165, 1.54) is 43.3 Å². The van der Waals surface area contributed by atoms with Crippen molar-refractivity contribution in [1.82, 2.24) is 4.90 Å². The maximum absolute atomic E-state index is 13.8. The van der Waals surface area contributed by atoms with Gasteiger partial charge in [0.15, 0.2) is 5.96 Å². The lowest BCUT2D eigenvalue weighted by Crippen LogP contribution is -2.57. The van der Waals surface area contributed by atoms with Gasteiger partial charge in [0.2, 0.25) is 5.54 Å². The first-order valence-corrected chi connectivity index (χ1v) is 13.0. The molecule has 1 heterocycles. The predicted octanol–water partition coefficient (Wildman–Crippen LogP) is 3.36. The third-order valence-electron chi connectivity index (χ3n) is 6.50. The summed E-state index contributed by atoms with van der Waals surface area (Å²) in [5.74, 6) is -0.726. The van der Waals surface area contributed by atoms with Crippen molar-refractivity contribution in [2.24, 2.45) is 10.7 Å². The largest absolute Gasteiger partial charge is 0.382 e. The molecule has 2 N–H and O–H groups in total. The minimum atomic E-state index is -3.73. The van der Waals surface area contributed by atoms with E-state index in [0.29, 0.717) is 12.0 Å². The van der Waals surface area contributed by atoms with Crippen molar-refractivity contribution in [3.8, 4) is 5.75 Å². The first-order chi connectivity index (χ1) is 17.1. The molecule has 2 unspecified atom stereocenters. The number of likely N-dealkylation sites (N-methyl/N-ethyl adjacent to an activating group) is 1. The van der Waals surface area contributed by atoms with Gasteiger partial charge in [0.05, 0.1) is 5.75 Å². The molecule has 1 aliphatic heterocycles. The third kappa shape index (κ3) is 4.31. The summed E-state index contributed by atoms with van der Waals surface area (Å²) in [6.07, 6.45) is 6.09. The van der Waals surface area contributed by atoms with Crippen molar-refractivity contribution in [3.63, 3.8) is 0 Å². The van der Waals surface area contributed by atoms with Gasteiger partial charge in [-0.25, -0.2) is 9.38 Å². The Bertz CT molecular complexity index is 1350. The zero-order chi connectivity index (χ0) is 26.1. The Morgan fingerprint density at radius 3 is 2.36 bits per heavy atom. The smallest absolute Gasteiger partial charge is 0.309 e. The van der Waals surface area contributed by atoms with Crippen LogP contribution in [0.25, 0.3) is 5.57 Å². The minimum absolute atomic E-state index is 0.0218. The number of hydrogen-bond acceptors (Lipinski definition) is 7. The topological polar surface area (TPSA) is 111 Å². The molecule has 1 amide bonds. The Morgan fingerprint density at radius 1 is 1.14 bits per heavy atom. The fraction of sp³-hybridized carbons (Fsp3) is 0.308. The molecule has 0 spiro atoms. The van der Waals surface area contributed by atoms with Gasteiger partial charge in [0, 0.05) is 20.6 Å². The number of ether oxygens (including phenoxy) is 1. The van der Waals surface area contributed by atoms with Crippen LogP contribution in [-0.2, 0) is 25.2 Å². The minimum Gasteiger partial charge on any atom is -0.382 e. The van der Waals surface area contributed by atoms with Crippen LogP contribution >= 0.6 is 0 Å². The van der Waals surface area contributed by atoms with Gasteiger partial charge in [0.25, 0.3) is 5.91 Å². The number of allylic oxidation sites excluding steroid dienone is 2. The number of halogens is 1. The molecule has 0 radical (unpaired) electrons. The van der Waals surface area contributed by atoms with Crippen LogP contribution in [0, 0.1) is 5.82 Å². The van der Waals surface area contributed by atoms with Crippen molar-refractivity contribution in [2.75, 3.05) is 19.9 Å². The molecule has 2 atom stereocenters. The second-order valence-electron chi connectivity index (χ2n) is 8.74. The Hall–Kier alpha value is -3.50. The van der Waals surface area contributed by atoms with Gasteiger partial charge in [0.1, 0.15) is 17.2 Å². The number of nitrogens with two attached hydrogens (primary N) is 1. The molecule has 190 valence electrons. The van der Waals surface area contributed by atoms with Crippen molar-refractivity contribution in [3.05, 3.63) is 83.7 Å². The molecular weight excluding hydrogens is 485 g/mol. The van der Waals surface area contributed by atoms with Gasteiger partial charge in [-0.05, 0) is 53.5 Å². The van der Waals surface area contributed by atoms with E-state index in [1.807, 2.05) is 6.08 Å². The molecule has 2 aromatic carbocycles. The van der Waals surface area contributed by atoms with Gasteiger partial charge in [-0.2, -0.15) is 8.42 Å². The Kier molecular flexibility index (Phi) is 6.76. The number of amides is 1. The molecule has 36 heavy (non-hydrogen) atoms. The van der Waals surface area contributed by atoms with Gasteiger partial charge < -0.3 is 14.7 Å². The average molecular weight is 514 g/mol. The molecule has 0 fully saturated rings. The molecule has 10 heteroatoms. The van der Waals surface area contributed by atoms with Crippen LogP contribution in [0.3, 0.4) is 0 Å². The van der Waals surface area contributed by atoms with Gasteiger partial charge in [-0.15, -0.1) is 0 Å². The molecule has 0 saturated carbocycles. The number of carbonyl (C=O) groups excluding carboxylic acids is 1. The molecule has 1 aliphatic carbocycles. The summed E-state index contributed by atoms with van der Waals surface area (Å²) in [5.41, 5.74) is 5.29. The zero-order valence-electron chi connectivity index (χ0n) is 20.3. The SMILES string of the molecule is CCCS(=O)(=O)Oc1ccc(C2(C3(OC)C=CC=C(c4ccc(F)cc4)C3)N=C(N)N(C)C2=O)cc1. The maximum atomic E-state index is 13.8. The normalized spacial score (nSPS) is 24.0. The van der Waals surface area contributed by atoms with E-state index in [4.69, 9.17) is 14.7 Å². The van der Waals surface area contributed by atoms with Crippen LogP contribution in [0.1, 0.15) is 30.9 Å². The quantitative estimate of drug-likeness (QED) is 0.542. The molecule has 4 rings (SSSR count). The van der Waals surface area contributed by atoms with Gasteiger partial charge in [-0.1, -0.05) is 43.3 Å². The Morgan fingerprint density at radius 2 is 1.81 bits per heavy atom.